The average Bonchev–Trinajstić information content (AvgIpc) is 2.54. The Kier molecular flexibility index (Phi) is 8.72. The van der Waals surface area contributed by atoms with E-state index in [1.807, 2.05) is 0 Å². The Labute approximate surface area is 166 Å². The van der Waals surface area contributed by atoms with Crippen molar-refractivity contribution < 1.29 is 23.9 Å². The number of hydrogen-bond acceptors (Lipinski definition) is 5. The van der Waals surface area contributed by atoms with Crippen LogP contribution in [0.5, 0.6) is 5.75 Å². The Bertz CT molecular complexity index is 663. The molecular weight excluding hydrogens is 401 g/mol. The third kappa shape index (κ3) is 6.33. The zero-order valence-electron chi connectivity index (χ0n) is 15.1. The van der Waals surface area contributed by atoms with E-state index in [0.717, 1.165) is 0 Å². The summed E-state index contributed by atoms with van der Waals surface area (Å²) in [6.07, 6.45) is -0.0411. The largest absolute Gasteiger partial charge is 0.598 e. The first kappa shape index (κ1) is 23.1. The molecule has 1 rings (SSSR count). The molecule has 2 N–H and O–H groups in total. The number of hydrogen-bond donors (Lipinski definition) is 2. The van der Waals surface area contributed by atoms with Crippen LogP contribution < -0.4 is 9.46 Å². The topological polar surface area (TPSA) is 90.9 Å². The number of ether oxygens (including phenoxy) is 2. The molecule has 0 aromatic heterocycles. The summed E-state index contributed by atoms with van der Waals surface area (Å²) in [6.45, 7) is 8.89. The van der Waals surface area contributed by atoms with Gasteiger partial charge in [-0.3, -0.25) is 0 Å². The van der Waals surface area contributed by atoms with Gasteiger partial charge in [-0.25, -0.2) is 4.79 Å². The number of carboxylic acid groups (broad SMARTS) is 1. The summed E-state index contributed by atoms with van der Waals surface area (Å²) in [5.41, 5.74) is 0.332. The second kappa shape index (κ2) is 9.82. The monoisotopic (exact) mass is 423 g/mol. The maximum Gasteiger partial charge on any atom is 0.331 e. The molecule has 2 atom stereocenters. The Morgan fingerprint density at radius 2 is 2.04 bits per heavy atom. The van der Waals surface area contributed by atoms with Gasteiger partial charge in [0.15, 0.2) is 6.79 Å². The number of rotatable bonds is 9. The zero-order chi connectivity index (χ0) is 20.1. The molecule has 0 aliphatic rings. The smallest absolute Gasteiger partial charge is 0.331 e. The van der Waals surface area contributed by atoms with Crippen molar-refractivity contribution in [3.63, 3.8) is 0 Å². The molecule has 9 heteroatoms. The third-order valence-corrected chi connectivity index (χ3v) is 5.76. The van der Waals surface area contributed by atoms with E-state index in [0.29, 0.717) is 11.3 Å². The molecule has 1 aromatic rings. The number of methoxy groups -OCH3 is 1. The second-order valence-corrected chi connectivity index (χ2v) is 9.27. The van der Waals surface area contributed by atoms with E-state index in [2.05, 4.69) is 11.3 Å². The molecule has 0 fully saturated rings. The molecule has 0 aliphatic heterocycles. The van der Waals surface area contributed by atoms with Crippen LogP contribution in [0.4, 0.5) is 0 Å². The summed E-state index contributed by atoms with van der Waals surface area (Å²) in [4.78, 5) is 11.2. The van der Waals surface area contributed by atoms with Gasteiger partial charge in [0.25, 0.3) is 0 Å². The van der Waals surface area contributed by atoms with E-state index in [1.165, 1.54) is 7.11 Å². The van der Waals surface area contributed by atoms with Crippen molar-refractivity contribution >= 4 is 40.5 Å². The molecular formula is C17H23Cl2NO5S. The molecule has 26 heavy (non-hydrogen) atoms. The molecule has 6 nitrogen and oxygen atoms in total. The molecule has 0 saturated carbocycles. The van der Waals surface area contributed by atoms with Crippen LogP contribution in [0.3, 0.4) is 0 Å². The van der Waals surface area contributed by atoms with E-state index in [9.17, 15) is 14.5 Å². The Balaban J connectivity index is 3.37. The molecule has 0 heterocycles. The highest BCUT2D eigenvalue weighted by atomic mass is 35.5. The normalized spacial score (nSPS) is 14.0. The van der Waals surface area contributed by atoms with Gasteiger partial charge in [-0.15, -0.1) is 4.72 Å². The number of halogens is 2. The summed E-state index contributed by atoms with van der Waals surface area (Å²) in [6, 6.07) is 2.42. The standard InChI is InChI=1S/C17H23Cl2NO5S/c1-10(16(21)22)8-12(20-26(23)17(2,3)4)14-13(25-9-24-5)7-6-11(18)15(14)19/h6-7,12,20H,1,8-9H2,2-5H3,(H,21,22)/t12-,26?/m1/s1. The van der Waals surface area contributed by atoms with Crippen molar-refractivity contribution in [2.45, 2.75) is 38.0 Å². The van der Waals surface area contributed by atoms with Crippen LogP contribution >= 0.6 is 23.2 Å². The van der Waals surface area contributed by atoms with Gasteiger partial charge >= 0.3 is 5.97 Å². The highest BCUT2D eigenvalue weighted by Gasteiger charge is 2.33. The van der Waals surface area contributed by atoms with Gasteiger partial charge in [-0.2, -0.15) is 0 Å². The quantitative estimate of drug-likeness (QED) is 0.352. The summed E-state index contributed by atoms with van der Waals surface area (Å²) in [5, 5.41) is 9.64. The first-order chi connectivity index (χ1) is 12.0. The number of benzene rings is 1. The minimum Gasteiger partial charge on any atom is -0.598 e. The van der Waals surface area contributed by atoms with Crippen molar-refractivity contribution in [2.75, 3.05) is 13.9 Å². The third-order valence-electron chi connectivity index (χ3n) is 3.33. The minimum absolute atomic E-state index is 0.0411. The van der Waals surface area contributed by atoms with Gasteiger partial charge in [0, 0.05) is 36.0 Å². The van der Waals surface area contributed by atoms with E-state index >= 15 is 0 Å². The fraction of sp³-hybridized carbons (Fsp3) is 0.471. The second-order valence-electron chi connectivity index (χ2n) is 6.49. The van der Waals surface area contributed by atoms with E-state index in [4.69, 9.17) is 32.7 Å². The van der Waals surface area contributed by atoms with Crippen molar-refractivity contribution in [2.24, 2.45) is 0 Å². The number of carboxylic acids is 1. The van der Waals surface area contributed by atoms with Crippen LogP contribution in [0.1, 0.15) is 38.8 Å². The Hall–Kier alpha value is -0.960. The number of carbonyl (C=O) groups is 1. The maximum absolute atomic E-state index is 12.6. The average molecular weight is 424 g/mol. The highest BCUT2D eigenvalue weighted by Crippen LogP contribution is 2.40. The summed E-state index contributed by atoms with van der Waals surface area (Å²) in [5.74, 6) is -0.807. The summed E-state index contributed by atoms with van der Waals surface area (Å²) < 4.78 is 25.4. The number of nitrogens with one attached hydrogen (secondary N) is 1. The van der Waals surface area contributed by atoms with Crippen LogP contribution in [-0.2, 0) is 20.9 Å². The molecule has 1 unspecified atom stereocenters. The summed E-state index contributed by atoms with van der Waals surface area (Å²) in [7, 11) is 1.47. The lowest BCUT2D eigenvalue weighted by Crippen LogP contribution is -2.41. The molecule has 0 aliphatic carbocycles. The van der Waals surface area contributed by atoms with Gasteiger partial charge in [0.05, 0.1) is 16.1 Å². The van der Waals surface area contributed by atoms with Gasteiger partial charge in [0.2, 0.25) is 0 Å². The zero-order valence-corrected chi connectivity index (χ0v) is 17.4. The van der Waals surface area contributed by atoms with E-state index in [-0.39, 0.29) is 28.8 Å². The molecule has 146 valence electrons. The van der Waals surface area contributed by atoms with E-state index < -0.39 is 28.1 Å². The van der Waals surface area contributed by atoms with Gasteiger partial charge in [0.1, 0.15) is 10.5 Å². The van der Waals surface area contributed by atoms with Gasteiger partial charge in [-0.05, 0) is 32.9 Å². The minimum atomic E-state index is -1.50. The van der Waals surface area contributed by atoms with Gasteiger partial charge in [-0.1, -0.05) is 29.8 Å². The molecule has 0 amide bonds. The summed E-state index contributed by atoms with van der Waals surface area (Å²) >= 11 is 11.0. The van der Waals surface area contributed by atoms with Crippen LogP contribution in [0.15, 0.2) is 24.3 Å². The van der Waals surface area contributed by atoms with Crippen molar-refractivity contribution in [1.29, 1.82) is 0 Å². The molecule has 1 aromatic carbocycles. The predicted molar refractivity (Wildman–Crippen MR) is 104 cm³/mol. The van der Waals surface area contributed by atoms with E-state index in [1.54, 1.807) is 32.9 Å². The molecule has 0 radical (unpaired) electrons. The Morgan fingerprint density at radius 3 is 2.54 bits per heavy atom. The van der Waals surface area contributed by atoms with Crippen molar-refractivity contribution in [3.8, 4) is 5.75 Å². The van der Waals surface area contributed by atoms with Crippen LogP contribution in [-0.4, -0.2) is 34.3 Å². The first-order valence-electron chi connectivity index (χ1n) is 7.67. The first-order valence-corrected chi connectivity index (χ1v) is 9.58. The fourth-order valence-electron chi connectivity index (χ4n) is 1.96. The predicted octanol–water partition coefficient (Wildman–Crippen LogP) is 4.10. The lowest BCUT2D eigenvalue weighted by Gasteiger charge is -2.29. The molecule has 0 spiro atoms. The number of aliphatic carboxylic acids is 1. The lowest BCUT2D eigenvalue weighted by molar-refractivity contribution is -0.132. The van der Waals surface area contributed by atoms with Gasteiger partial charge < -0.3 is 19.1 Å². The Morgan fingerprint density at radius 1 is 1.42 bits per heavy atom. The lowest BCUT2D eigenvalue weighted by atomic mass is 9.99. The molecule has 0 saturated heterocycles. The van der Waals surface area contributed by atoms with Crippen LogP contribution in [0.25, 0.3) is 0 Å². The van der Waals surface area contributed by atoms with Crippen LogP contribution in [0, 0.1) is 0 Å². The molecule has 0 bridgehead atoms. The maximum atomic E-state index is 12.6. The van der Waals surface area contributed by atoms with Crippen molar-refractivity contribution in [3.05, 3.63) is 39.9 Å². The highest BCUT2D eigenvalue weighted by molar-refractivity contribution is 7.90. The SMILES string of the molecule is C=C(C[C@@H](N[S+]([O-])C(C)(C)C)c1c(OCOC)ccc(Cl)c1Cl)C(=O)O. The fourth-order valence-corrected chi connectivity index (χ4v) is 3.23. The van der Waals surface area contributed by atoms with Crippen LogP contribution in [0.2, 0.25) is 10.0 Å². The van der Waals surface area contributed by atoms with Crippen molar-refractivity contribution in [1.82, 2.24) is 4.72 Å².